The molecule has 1 amide bonds. The highest BCUT2D eigenvalue weighted by molar-refractivity contribution is 5.95. The highest BCUT2D eigenvalue weighted by Gasteiger charge is 2.36. The van der Waals surface area contributed by atoms with Gasteiger partial charge in [-0.2, -0.15) is 5.10 Å². The lowest BCUT2D eigenvalue weighted by molar-refractivity contribution is 0.0572. The molecule has 2 aliphatic carbocycles. The van der Waals surface area contributed by atoms with Gasteiger partial charge in [-0.15, -0.1) is 0 Å². The van der Waals surface area contributed by atoms with E-state index in [-0.39, 0.29) is 5.91 Å². The van der Waals surface area contributed by atoms with E-state index in [0.29, 0.717) is 28.9 Å². The smallest absolute Gasteiger partial charge is 0.257 e. The molecule has 0 N–H and O–H groups in total. The van der Waals surface area contributed by atoms with E-state index in [1.807, 2.05) is 23.1 Å². The first-order valence-corrected chi connectivity index (χ1v) is 11.8. The second-order valence-electron chi connectivity index (χ2n) is 9.12. The number of carbonyl (C=O) groups is 1. The van der Waals surface area contributed by atoms with Crippen LogP contribution in [0.5, 0.6) is 0 Å². The number of hydrogen-bond donors (Lipinski definition) is 0. The van der Waals surface area contributed by atoms with Crippen molar-refractivity contribution in [2.45, 2.75) is 50.5 Å². The fourth-order valence-electron chi connectivity index (χ4n) is 5.17. The molecule has 1 saturated heterocycles. The second-order valence-corrected chi connectivity index (χ2v) is 9.12. The molecule has 0 radical (unpaired) electrons. The van der Waals surface area contributed by atoms with E-state index in [1.54, 1.807) is 23.3 Å². The van der Waals surface area contributed by atoms with Crippen LogP contribution in [-0.2, 0) is 0 Å². The minimum absolute atomic E-state index is 0.0893. The van der Waals surface area contributed by atoms with Gasteiger partial charge in [0.2, 0.25) is 0 Å². The Balaban J connectivity index is 1.25. The zero-order valence-electron chi connectivity index (χ0n) is 18.2. The fourth-order valence-corrected chi connectivity index (χ4v) is 5.17. The summed E-state index contributed by atoms with van der Waals surface area (Å²) in [6, 6.07) is 6.25. The van der Waals surface area contributed by atoms with Crippen LogP contribution in [0.4, 0.5) is 0 Å². The molecule has 0 bridgehead atoms. The van der Waals surface area contributed by atoms with Crippen molar-refractivity contribution in [3.8, 4) is 17.4 Å². The molecule has 3 aromatic heterocycles. The van der Waals surface area contributed by atoms with Crippen LogP contribution in [0, 0.1) is 0 Å². The first-order chi connectivity index (χ1) is 15.8. The van der Waals surface area contributed by atoms with Crippen LogP contribution < -0.4 is 0 Å². The third kappa shape index (κ3) is 3.62. The normalized spacial score (nSPS) is 20.2. The van der Waals surface area contributed by atoms with Gasteiger partial charge in [0.25, 0.3) is 11.9 Å². The van der Waals surface area contributed by atoms with Crippen LogP contribution in [0.25, 0.3) is 17.4 Å². The van der Waals surface area contributed by atoms with E-state index >= 15 is 0 Å². The van der Waals surface area contributed by atoms with Crippen molar-refractivity contribution >= 4 is 5.91 Å². The molecule has 0 unspecified atom stereocenters. The standard InChI is InChI=1S/C24H28N6O2/c31-23(29-13-11-28(12-14-29)18-4-1-2-5-18)19-16-26-30(22(19)17-7-8-17)24-25-10-9-20(27-24)21-6-3-15-32-21/h3,6,9-10,15-18H,1-2,4-5,7-8,11-14H2. The molecule has 3 aromatic rings. The van der Waals surface area contributed by atoms with Gasteiger partial charge < -0.3 is 9.32 Å². The Labute approximate surface area is 187 Å². The third-order valence-corrected chi connectivity index (χ3v) is 7.05. The lowest BCUT2D eigenvalue weighted by Crippen LogP contribution is -2.51. The van der Waals surface area contributed by atoms with Crippen molar-refractivity contribution in [1.29, 1.82) is 0 Å². The Kier molecular flexibility index (Phi) is 5.02. The van der Waals surface area contributed by atoms with E-state index < -0.39 is 0 Å². The quantitative estimate of drug-likeness (QED) is 0.614. The van der Waals surface area contributed by atoms with Crippen molar-refractivity contribution in [2.24, 2.45) is 0 Å². The molecule has 0 spiro atoms. The molecular formula is C24H28N6O2. The Morgan fingerprint density at radius 3 is 2.56 bits per heavy atom. The molecular weight excluding hydrogens is 404 g/mol. The monoisotopic (exact) mass is 432 g/mol. The van der Waals surface area contributed by atoms with E-state index in [9.17, 15) is 4.79 Å². The molecule has 1 aliphatic heterocycles. The minimum Gasteiger partial charge on any atom is -0.463 e. The number of aromatic nitrogens is 4. The van der Waals surface area contributed by atoms with Gasteiger partial charge in [0.1, 0.15) is 5.69 Å². The molecule has 0 atom stereocenters. The minimum atomic E-state index is 0.0893. The summed E-state index contributed by atoms with van der Waals surface area (Å²) in [6.45, 7) is 3.51. The van der Waals surface area contributed by atoms with Crippen LogP contribution in [0.3, 0.4) is 0 Å². The summed E-state index contributed by atoms with van der Waals surface area (Å²) in [4.78, 5) is 27.2. The lowest BCUT2D eigenvalue weighted by Gasteiger charge is -2.38. The van der Waals surface area contributed by atoms with Gasteiger partial charge in [-0.05, 0) is 43.9 Å². The number of rotatable bonds is 5. The first-order valence-electron chi connectivity index (χ1n) is 11.8. The van der Waals surface area contributed by atoms with E-state index in [1.165, 1.54) is 25.7 Å². The molecule has 32 heavy (non-hydrogen) atoms. The van der Waals surface area contributed by atoms with Gasteiger partial charge in [-0.25, -0.2) is 14.6 Å². The Bertz CT molecular complexity index is 1090. The Morgan fingerprint density at radius 2 is 1.84 bits per heavy atom. The summed E-state index contributed by atoms with van der Waals surface area (Å²) in [5.41, 5.74) is 2.35. The number of carbonyl (C=O) groups excluding carboxylic acids is 1. The summed E-state index contributed by atoms with van der Waals surface area (Å²) in [6.07, 6.45) is 12.5. The van der Waals surface area contributed by atoms with Crippen molar-refractivity contribution in [3.63, 3.8) is 0 Å². The number of hydrogen-bond acceptors (Lipinski definition) is 6. The summed E-state index contributed by atoms with van der Waals surface area (Å²) in [5, 5.41) is 4.57. The van der Waals surface area contributed by atoms with Gasteiger partial charge in [0, 0.05) is 44.3 Å². The average Bonchev–Trinajstić information content (AvgIpc) is 3.27. The predicted molar refractivity (Wildman–Crippen MR) is 119 cm³/mol. The van der Waals surface area contributed by atoms with E-state index in [4.69, 9.17) is 4.42 Å². The Hall–Kier alpha value is -3.00. The fraction of sp³-hybridized carbons (Fsp3) is 0.500. The molecule has 3 fully saturated rings. The lowest BCUT2D eigenvalue weighted by atomic mass is 10.1. The Morgan fingerprint density at radius 1 is 1.03 bits per heavy atom. The summed E-state index contributed by atoms with van der Waals surface area (Å²) >= 11 is 0. The maximum absolute atomic E-state index is 13.5. The summed E-state index contributed by atoms with van der Waals surface area (Å²) < 4.78 is 7.24. The van der Waals surface area contributed by atoms with Gasteiger partial charge in [-0.3, -0.25) is 9.69 Å². The van der Waals surface area contributed by atoms with Crippen LogP contribution in [0.15, 0.2) is 41.3 Å². The zero-order valence-corrected chi connectivity index (χ0v) is 18.2. The van der Waals surface area contributed by atoms with Gasteiger partial charge in [0.15, 0.2) is 5.76 Å². The number of piperazine rings is 1. The SMILES string of the molecule is O=C(c1cnn(-c2nccc(-c3ccco3)n2)c1C1CC1)N1CCN(C2CCCC2)CC1. The molecule has 8 heteroatoms. The number of furan rings is 1. The molecule has 3 aliphatic rings. The van der Waals surface area contributed by atoms with Crippen LogP contribution in [-0.4, -0.2) is 67.7 Å². The topological polar surface area (TPSA) is 80.3 Å². The predicted octanol–water partition coefficient (Wildman–Crippen LogP) is 3.50. The van der Waals surface area contributed by atoms with Crippen LogP contribution >= 0.6 is 0 Å². The molecule has 0 aromatic carbocycles. The first kappa shape index (κ1) is 19.7. The average molecular weight is 433 g/mol. The zero-order chi connectivity index (χ0) is 21.5. The highest BCUT2D eigenvalue weighted by atomic mass is 16.3. The van der Waals surface area contributed by atoms with Crippen molar-refractivity contribution in [3.05, 3.63) is 48.1 Å². The summed E-state index contributed by atoms with van der Waals surface area (Å²) in [7, 11) is 0. The van der Waals surface area contributed by atoms with Crippen molar-refractivity contribution in [2.75, 3.05) is 26.2 Å². The molecule has 6 rings (SSSR count). The van der Waals surface area contributed by atoms with Crippen molar-refractivity contribution < 1.29 is 9.21 Å². The molecule has 8 nitrogen and oxygen atoms in total. The van der Waals surface area contributed by atoms with Crippen molar-refractivity contribution in [1.82, 2.24) is 29.5 Å². The van der Waals surface area contributed by atoms with E-state index in [2.05, 4.69) is 20.0 Å². The third-order valence-electron chi connectivity index (χ3n) is 7.05. The van der Waals surface area contributed by atoms with Gasteiger partial charge >= 0.3 is 0 Å². The maximum Gasteiger partial charge on any atom is 0.257 e. The largest absolute Gasteiger partial charge is 0.463 e. The second kappa shape index (κ2) is 8.16. The summed E-state index contributed by atoms with van der Waals surface area (Å²) in [5.74, 6) is 1.59. The van der Waals surface area contributed by atoms with Gasteiger partial charge in [0.05, 0.1) is 23.7 Å². The van der Waals surface area contributed by atoms with Gasteiger partial charge in [-0.1, -0.05) is 12.8 Å². The molecule has 2 saturated carbocycles. The van der Waals surface area contributed by atoms with Crippen LogP contribution in [0.2, 0.25) is 0 Å². The number of nitrogens with zero attached hydrogens (tertiary/aromatic N) is 6. The number of amides is 1. The van der Waals surface area contributed by atoms with E-state index in [0.717, 1.165) is 50.8 Å². The van der Waals surface area contributed by atoms with Crippen LogP contribution in [0.1, 0.15) is 60.5 Å². The molecule has 166 valence electrons. The maximum atomic E-state index is 13.5. The highest BCUT2D eigenvalue weighted by Crippen LogP contribution is 2.42. The molecule has 4 heterocycles.